The maximum Gasteiger partial charge on any atom is 0.338 e. The molecule has 0 amide bonds. The average molecular weight is 270 g/mol. The largest absolute Gasteiger partial charge is 0.478 e. The molecule has 0 aliphatic carbocycles. The van der Waals surface area contributed by atoms with E-state index in [4.69, 9.17) is 5.11 Å². The molecular formula is C13H6F4O2. The SMILES string of the molecule is O=C(O)c1cccc(-c2cc(F)c(F)cc2F)c1F. The fraction of sp³-hybridized carbons (Fsp3) is 0. The number of halogens is 4. The molecule has 0 bridgehead atoms. The quantitative estimate of drug-likeness (QED) is 0.668. The van der Waals surface area contributed by atoms with Gasteiger partial charge in [0, 0.05) is 17.2 Å². The number of hydrogen-bond acceptors (Lipinski definition) is 1. The lowest BCUT2D eigenvalue weighted by Crippen LogP contribution is -2.02. The van der Waals surface area contributed by atoms with Crippen molar-refractivity contribution in [1.82, 2.24) is 0 Å². The normalized spacial score (nSPS) is 10.5. The van der Waals surface area contributed by atoms with Crippen molar-refractivity contribution in [2.75, 3.05) is 0 Å². The first-order valence-electron chi connectivity index (χ1n) is 5.08. The summed E-state index contributed by atoms with van der Waals surface area (Å²) >= 11 is 0. The Morgan fingerprint density at radius 3 is 2.16 bits per heavy atom. The van der Waals surface area contributed by atoms with Crippen molar-refractivity contribution in [3.05, 3.63) is 59.2 Å². The molecule has 0 atom stereocenters. The number of benzene rings is 2. The molecule has 0 saturated carbocycles. The van der Waals surface area contributed by atoms with Crippen LogP contribution in [0.25, 0.3) is 11.1 Å². The Labute approximate surface area is 104 Å². The summed E-state index contributed by atoms with van der Waals surface area (Å²) in [5, 5.41) is 8.74. The summed E-state index contributed by atoms with van der Waals surface area (Å²) in [5.41, 5.74) is -1.67. The van der Waals surface area contributed by atoms with Crippen LogP contribution in [0, 0.1) is 23.3 Å². The summed E-state index contributed by atoms with van der Waals surface area (Å²) in [7, 11) is 0. The smallest absolute Gasteiger partial charge is 0.338 e. The van der Waals surface area contributed by atoms with Crippen LogP contribution in [0.4, 0.5) is 17.6 Å². The topological polar surface area (TPSA) is 37.3 Å². The number of carbonyl (C=O) groups is 1. The summed E-state index contributed by atoms with van der Waals surface area (Å²) < 4.78 is 53.2. The molecule has 2 rings (SSSR count). The van der Waals surface area contributed by atoms with Crippen molar-refractivity contribution in [2.24, 2.45) is 0 Å². The highest BCUT2D eigenvalue weighted by Gasteiger charge is 2.19. The standard InChI is InChI=1S/C13H6F4O2/c14-9-5-11(16)10(15)4-8(9)6-2-1-3-7(12(6)17)13(18)19/h1-5H,(H,18,19). The molecule has 0 saturated heterocycles. The van der Waals surface area contributed by atoms with Gasteiger partial charge in [0.25, 0.3) is 0 Å². The molecule has 0 heterocycles. The van der Waals surface area contributed by atoms with Crippen molar-refractivity contribution < 1.29 is 27.5 Å². The Bertz CT molecular complexity index is 668. The van der Waals surface area contributed by atoms with E-state index in [-0.39, 0.29) is 6.07 Å². The highest BCUT2D eigenvalue weighted by Crippen LogP contribution is 2.29. The maximum absolute atomic E-state index is 13.9. The van der Waals surface area contributed by atoms with E-state index < -0.39 is 45.9 Å². The van der Waals surface area contributed by atoms with Crippen LogP contribution < -0.4 is 0 Å². The van der Waals surface area contributed by atoms with Gasteiger partial charge in [0.15, 0.2) is 11.6 Å². The van der Waals surface area contributed by atoms with E-state index in [9.17, 15) is 22.4 Å². The zero-order valence-corrected chi connectivity index (χ0v) is 9.25. The van der Waals surface area contributed by atoms with E-state index in [1.54, 1.807) is 0 Å². The van der Waals surface area contributed by atoms with Crippen molar-refractivity contribution >= 4 is 5.97 Å². The molecule has 0 radical (unpaired) electrons. The minimum atomic E-state index is -1.54. The molecule has 6 heteroatoms. The maximum atomic E-state index is 13.9. The van der Waals surface area contributed by atoms with E-state index in [0.717, 1.165) is 12.1 Å². The zero-order valence-electron chi connectivity index (χ0n) is 9.25. The first-order chi connectivity index (χ1) is 8.91. The molecule has 0 aliphatic heterocycles. The number of rotatable bonds is 2. The Morgan fingerprint density at radius 2 is 1.53 bits per heavy atom. The molecule has 1 N–H and O–H groups in total. The van der Waals surface area contributed by atoms with Gasteiger partial charge >= 0.3 is 5.97 Å². The third-order valence-electron chi connectivity index (χ3n) is 2.53. The summed E-state index contributed by atoms with van der Waals surface area (Å²) in [6, 6.07) is 4.01. The molecule has 2 aromatic carbocycles. The van der Waals surface area contributed by atoms with Gasteiger partial charge in [0.05, 0.1) is 5.56 Å². The second-order valence-electron chi connectivity index (χ2n) is 3.72. The Morgan fingerprint density at radius 1 is 0.895 bits per heavy atom. The lowest BCUT2D eigenvalue weighted by Gasteiger charge is -2.07. The monoisotopic (exact) mass is 270 g/mol. The minimum Gasteiger partial charge on any atom is -0.478 e. The molecule has 2 nitrogen and oxygen atoms in total. The molecule has 0 unspecified atom stereocenters. The Hall–Kier alpha value is -2.37. The molecule has 0 aromatic heterocycles. The van der Waals surface area contributed by atoms with Crippen molar-refractivity contribution in [3.8, 4) is 11.1 Å². The van der Waals surface area contributed by atoms with Crippen LogP contribution in [0.2, 0.25) is 0 Å². The van der Waals surface area contributed by atoms with Gasteiger partial charge < -0.3 is 5.11 Å². The molecular weight excluding hydrogens is 264 g/mol. The average Bonchev–Trinajstić information content (AvgIpc) is 2.34. The minimum absolute atomic E-state index is 0.275. The van der Waals surface area contributed by atoms with Crippen molar-refractivity contribution in [3.63, 3.8) is 0 Å². The van der Waals surface area contributed by atoms with Gasteiger partial charge in [-0.1, -0.05) is 12.1 Å². The molecule has 0 spiro atoms. The van der Waals surface area contributed by atoms with Gasteiger partial charge in [-0.3, -0.25) is 0 Å². The van der Waals surface area contributed by atoms with Crippen LogP contribution in [0.5, 0.6) is 0 Å². The third kappa shape index (κ3) is 2.29. The summed E-state index contributed by atoms with van der Waals surface area (Å²) in [5.74, 6) is -6.69. The molecule has 19 heavy (non-hydrogen) atoms. The Balaban J connectivity index is 2.69. The van der Waals surface area contributed by atoms with Crippen LogP contribution in [-0.2, 0) is 0 Å². The summed E-state index contributed by atoms with van der Waals surface area (Å²) in [4.78, 5) is 10.7. The molecule has 98 valence electrons. The van der Waals surface area contributed by atoms with Gasteiger partial charge in [-0.15, -0.1) is 0 Å². The van der Waals surface area contributed by atoms with E-state index >= 15 is 0 Å². The van der Waals surface area contributed by atoms with Crippen LogP contribution in [0.15, 0.2) is 30.3 Å². The fourth-order valence-electron chi connectivity index (χ4n) is 1.63. The number of aromatic carboxylic acids is 1. The predicted octanol–water partition coefficient (Wildman–Crippen LogP) is 3.61. The van der Waals surface area contributed by atoms with Crippen molar-refractivity contribution in [1.29, 1.82) is 0 Å². The number of hydrogen-bond donors (Lipinski definition) is 1. The van der Waals surface area contributed by atoms with E-state index in [0.29, 0.717) is 6.07 Å². The van der Waals surface area contributed by atoms with E-state index in [1.807, 2.05) is 0 Å². The van der Waals surface area contributed by atoms with Crippen LogP contribution >= 0.6 is 0 Å². The first-order valence-corrected chi connectivity index (χ1v) is 5.08. The van der Waals surface area contributed by atoms with E-state index in [2.05, 4.69) is 0 Å². The lowest BCUT2D eigenvalue weighted by atomic mass is 10.0. The van der Waals surface area contributed by atoms with Crippen LogP contribution in [0.1, 0.15) is 10.4 Å². The van der Waals surface area contributed by atoms with Gasteiger partial charge in [0.1, 0.15) is 11.6 Å². The second kappa shape index (κ2) is 4.72. The highest BCUT2D eigenvalue weighted by molar-refractivity contribution is 5.90. The predicted molar refractivity (Wildman–Crippen MR) is 58.7 cm³/mol. The highest BCUT2D eigenvalue weighted by atomic mass is 19.2. The first kappa shape index (κ1) is 13.1. The van der Waals surface area contributed by atoms with Gasteiger partial charge in [-0.2, -0.15) is 0 Å². The van der Waals surface area contributed by atoms with Crippen molar-refractivity contribution in [2.45, 2.75) is 0 Å². The molecule has 0 fully saturated rings. The van der Waals surface area contributed by atoms with E-state index in [1.165, 1.54) is 6.07 Å². The van der Waals surface area contributed by atoms with Gasteiger partial charge in [-0.05, 0) is 12.1 Å². The number of carboxylic acid groups (broad SMARTS) is 1. The summed E-state index contributed by atoms with van der Waals surface area (Å²) in [6.45, 7) is 0. The van der Waals surface area contributed by atoms with Crippen LogP contribution in [0.3, 0.4) is 0 Å². The fourth-order valence-corrected chi connectivity index (χ4v) is 1.63. The van der Waals surface area contributed by atoms with Gasteiger partial charge in [-0.25, -0.2) is 22.4 Å². The number of carboxylic acids is 1. The van der Waals surface area contributed by atoms with Gasteiger partial charge in [0.2, 0.25) is 0 Å². The van der Waals surface area contributed by atoms with Crippen LogP contribution in [-0.4, -0.2) is 11.1 Å². The third-order valence-corrected chi connectivity index (χ3v) is 2.53. The summed E-state index contributed by atoms with van der Waals surface area (Å²) in [6.07, 6.45) is 0. The zero-order chi connectivity index (χ0) is 14.2. The molecule has 2 aromatic rings. The Kier molecular flexibility index (Phi) is 3.25. The molecule has 0 aliphatic rings. The second-order valence-corrected chi connectivity index (χ2v) is 3.72. The lowest BCUT2D eigenvalue weighted by molar-refractivity contribution is 0.0692.